The maximum absolute atomic E-state index is 7.54. The molecule has 3 aromatic heterocycles. The third-order valence-corrected chi connectivity index (χ3v) is 25.4. The van der Waals surface area contributed by atoms with Crippen molar-refractivity contribution in [2.75, 3.05) is 32.8 Å². The third kappa shape index (κ3) is 18.8. The van der Waals surface area contributed by atoms with Crippen LogP contribution in [0.3, 0.4) is 0 Å². The van der Waals surface area contributed by atoms with Crippen molar-refractivity contribution in [3.05, 3.63) is 123 Å². The van der Waals surface area contributed by atoms with Crippen LogP contribution >= 0.6 is 24.0 Å². The number of ether oxygens (including phenoxy) is 3. The van der Waals surface area contributed by atoms with Gasteiger partial charge in [-0.1, -0.05) is 212 Å². The van der Waals surface area contributed by atoms with Crippen LogP contribution in [0, 0.1) is 0 Å². The summed E-state index contributed by atoms with van der Waals surface area (Å²) in [6.07, 6.45) is 0.501. The van der Waals surface area contributed by atoms with Gasteiger partial charge in [-0.2, -0.15) is 0 Å². The van der Waals surface area contributed by atoms with E-state index in [1.807, 2.05) is 0 Å². The molecule has 4 atom stereocenters. The number of rotatable bonds is 13. The Balaban J connectivity index is 1.23. The second-order valence-corrected chi connectivity index (χ2v) is 49.1. The lowest BCUT2D eigenvalue weighted by atomic mass is 9.78. The maximum atomic E-state index is 7.54. The van der Waals surface area contributed by atoms with Gasteiger partial charge in [-0.3, -0.25) is 4.90 Å². The Morgan fingerprint density at radius 3 is 0.800 bits per heavy atom. The van der Waals surface area contributed by atoms with Gasteiger partial charge < -0.3 is 39.4 Å². The number of fused-ring (bicyclic) bond motifs is 9. The molecule has 9 aromatic rings. The quantitative estimate of drug-likeness (QED) is 0.111. The summed E-state index contributed by atoms with van der Waals surface area (Å²) in [5.74, 6) is 2.36. The van der Waals surface area contributed by atoms with Crippen molar-refractivity contribution in [1.82, 2.24) is 4.90 Å². The van der Waals surface area contributed by atoms with Gasteiger partial charge in [-0.15, -0.1) is 0 Å². The molecule has 4 unspecified atom stereocenters. The summed E-state index contributed by atoms with van der Waals surface area (Å²) < 4.78 is 65.8. The SMILES string of the molecule is CCC(CN(CCOc1cc(C(C)(C)C)c2op(C(C)(C)C)oc3cc(C(C)(C)C)cc(C(C)(C)C)c3c2c1)CCOc1cc(C(C)(C)C)c2op(C(C)(C)C)oc3cc(C(C)(C)C)cc(C(C)(C)C)c3c2c1)Oc1cc(C(C)(C)C)c2op(C(C)(C)C)oc3cc(C(C)(C)C)cc(C(C)(C)C)c3c2c1. The van der Waals surface area contributed by atoms with Gasteiger partial charge >= 0.3 is 0 Å². The van der Waals surface area contributed by atoms with E-state index in [1.54, 1.807) is 0 Å². The largest absolute Gasteiger partial charge is 0.492 e. The molecule has 0 saturated carbocycles. The molecular formula is C92H136NO9P3. The van der Waals surface area contributed by atoms with Gasteiger partial charge in [0.2, 0.25) is 24.0 Å². The minimum absolute atomic E-state index is 0.121. The minimum atomic E-state index is -1.44. The van der Waals surface area contributed by atoms with Gasteiger partial charge in [0.15, 0.2) is 0 Å². The molecule has 105 heavy (non-hydrogen) atoms. The van der Waals surface area contributed by atoms with Crippen LogP contribution in [-0.4, -0.2) is 43.9 Å². The summed E-state index contributed by atoms with van der Waals surface area (Å²) >= 11 is 0. The molecule has 0 aliphatic heterocycles. The Labute approximate surface area is 636 Å². The Morgan fingerprint density at radius 2 is 0.562 bits per heavy atom. The van der Waals surface area contributed by atoms with E-state index in [0.717, 1.165) is 106 Å². The van der Waals surface area contributed by atoms with Gasteiger partial charge in [0.25, 0.3) is 0 Å². The maximum Gasteiger partial charge on any atom is 0.222 e. The molecule has 0 N–H and O–H groups in total. The topological polar surface area (TPSA) is 110 Å². The Bertz CT molecular complexity index is 4640. The predicted molar refractivity (Wildman–Crippen MR) is 454 cm³/mol. The van der Waals surface area contributed by atoms with E-state index in [0.29, 0.717) is 32.8 Å². The highest BCUT2D eigenvalue weighted by Gasteiger charge is 2.36. The molecule has 0 aliphatic carbocycles. The zero-order chi connectivity index (χ0) is 78.8. The van der Waals surface area contributed by atoms with E-state index in [4.69, 9.17) is 39.4 Å². The van der Waals surface area contributed by atoms with Crippen molar-refractivity contribution in [3.8, 4) is 17.2 Å². The second-order valence-electron chi connectivity index (χ2n) is 42.5. The fourth-order valence-corrected chi connectivity index (χ4v) is 17.3. The summed E-state index contributed by atoms with van der Waals surface area (Å²) in [5.41, 5.74) is 13.8. The smallest absolute Gasteiger partial charge is 0.222 e. The summed E-state index contributed by atoms with van der Waals surface area (Å²) in [5, 5.41) is 5.35. The van der Waals surface area contributed by atoms with Crippen LogP contribution < -0.4 is 14.2 Å². The van der Waals surface area contributed by atoms with Gasteiger partial charge in [0, 0.05) is 68.6 Å². The molecule has 3 heterocycles. The highest BCUT2D eigenvalue weighted by atomic mass is 31.1. The van der Waals surface area contributed by atoms with Crippen LogP contribution in [0.1, 0.15) is 313 Å². The standard InChI is InChI=1S/C92H136NO9P3/c1-38-59(96-62-51-65-77-68(86(17,18)19)45-58(83(8,9)10)48-74(77)99-105(92(35,36)37)102-80(65)71(54-62)89(26,27)28)55-93(39-41-94-60-49-63-75-66(84(11,12)13)43-56(81(2,3)4)46-72(75)97-103(90(29,30)31)100-78(63)69(52-60)87(20,21)22)40-42-95-61-50-64-76-67(85(14,15)16)44-57(82(5,6)7)47-73(76)98-104(91(32,33)34)101-79(64)70(53-61)88(23,24)25/h43-54,59H,38-42,55H2,1-37H3. The van der Waals surface area contributed by atoms with E-state index < -0.39 is 24.0 Å². The Morgan fingerprint density at radius 1 is 0.305 bits per heavy atom. The normalized spacial score (nSPS) is 14.7. The van der Waals surface area contributed by atoms with Crippen molar-refractivity contribution < 1.29 is 39.4 Å². The highest BCUT2D eigenvalue weighted by Crippen LogP contribution is 2.55. The first-order valence-electron chi connectivity index (χ1n) is 38.8. The van der Waals surface area contributed by atoms with Gasteiger partial charge in [0.05, 0.1) is 15.5 Å². The first-order chi connectivity index (χ1) is 47.5. The third-order valence-electron chi connectivity index (χ3n) is 20.0. The fraction of sp³-hybridized carbons (Fsp3) is 0.609. The van der Waals surface area contributed by atoms with E-state index >= 15 is 0 Å². The average Bonchev–Trinajstić information content (AvgIpc) is 1.69. The molecule has 13 heteroatoms. The number of hydrogen-bond acceptors (Lipinski definition) is 10. The molecule has 6 aromatic carbocycles. The molecule has 9 rings (SSSR count). The molecule has 0 fully saturated rings. The molecule has 0 bridgehead atoms. The van der Waals surface area contributed by atoms with Crippen molar-refractivity contribution in [3.63, 3.8) is 0 Å². The van der Waals surface area contributed by atoms with Crippen LogP contribution in [0.5, 0.6) is 17.2 Å². The minimum Gasteiger partial charge on any atom is -0.492 e. The van der Waals surface area contributed by atoms with Gasteiger partial charge in [-0.05, 0) is 205 Å². The predicted octanol–water partition coefficient (Wildman–Crippen LogP) is 30.1. The van der Waals surface area contributed by atoms with Crippen LogP contribution in [0.4, 0.5) is 0 Å². The number of nitrogens with zero attached hydrogens (tertiary/aromatic N) is 1. The summed E-state index contributed by atoms with van der Waals surface area (Å²) in [4.78, 5) is 2.47. The Kier molecular flexibility index (Phi) is 22.8. The highest BCUT2D eigenvalue weighted by molar-refractivity contribution is 7.39. The number of benzene rings is 6. The van der Waals surface area contributed by atoms with Gasteiger partial charge in [0.1, 0.15) is 70.1 Å². The van der Waals surface area contributed by atoms with Crippen molar-refractivity contribution in [1.29, 1.82) is 0 Å². The lowest BCUT2D eigenvalue weighted by molar-refractivity contribution is 0.105. The van der Waals surface area contributed by atoms with E-state index in [-0.39, 0.29) is 70.3 Å². The summed E-state index contributed by atoms with van der Waals surface area (Å²) in [6, 6.07) is 27.4. The lowest BCUT2D eigenvalue weighted by Crippen LogP contribution is -2.40. The van der Waals surface area contributed by atoms with Crippen molar-refractivity contribution in [2.45, 2.75) is 333 Å². The molecule has 10 nitrogen and oxygen atoms in total. The lowest BCUT2D eigenvalue weighted by Gasteiger charge is -2.29. The molecule has 0 amide bonds. The molecule has 0 radical (unpaired) electrons. The van der Waals surface area contributed by atoms with Crippen LogP contribution in [-0.2, 0) is 64.2 Å². The van der Waals surface area contributed by atoms with E-state index in [9.17, 15) is 0 Å². The second kappa shape index (κ2) is 28.7. The molecule has 0 spiro atoms. The van der Waals surface area contributed by atoms with Crippen LogP contribution in [0.25, 0.3) is 65.8 Å². The Hall–Kier alpha value is -5.62. The first kappa shape index (κ1) is 83.4. The molecule has 0 saturated heterocycles. The van der Waals surface area contributed by atoms with Gasteiger partial charge in [-0.25, -0.2) is 0 Å². The summed E-state index contributed by atoms with van der Waals surface area (Å²) in [6.45, 7) is 86.6. The molecule has 0 aliphatic rings. The monoisotopic (exact) mass is 1490 g/mol. The van der Waals surface area contributed by atoms with Crippen LogP contribution in [0.2, 0.25) is 0 Å². The molecule has 578 valence electrons. The van der Waals surface area contributed by atoms with E-state index in [2.05, 4.69) is 334 Å². The first-order valence-corrected chi connectivity index (χ1v) is 42.3. The molecular weight excluding hydrogens is 1360 g/mol. The average molecular weight is 1490 g/mol. The number of hydrogen-bond donors (Lipinski definition) is 0. The fourth-order valence-electron chi connectivity index (χ4n) is 13.5. The van der Waals surface area contributed by atoms with E-state index in [1.165, 1.54) is 33.4 Å². The zero-order valence-corrected chi connectivity index (χ0v) is 74.9. The zero-order valence-electron chi connectivity index (χ0n) is 72.2. The van der Waals surface area contributed by atoms with Crippen molar-refractivity contribution in [2.24, 2.45) is 0 Å². The van der Waals surface area contributed by atoms with Crippen molar-refractivity contribution >= 4 is 89.9 Å². The van der Waals surface area contributed by atoms with Crippen LogP contribution in [0.15, 0.2) is 98.0 Å². The summed E-state index contributed by atoms with van der Waals surface area (Å²) in [7, 11) is -4.29.